The Morgan fingerprint density at radius 1 is 1.47 bits per heavy atom. The Kier molecular flexibility index (Phi) is 4.06. The molecule has 1 amide bonds. The molecule has 0 bridgehead atoms. The van der Waals surface area contributed by atoms with Gasteiger partial charge in [-0.2, -0.15) is 13.2 Å². The highest BCUT2D eigenvalue weighted by molar-refractivity contribution is 5.84. The van der Waals surface area contributed by atoms with Gasteiger partial charge in [0.1, 0.15) is 0 Å². The molecule has 3 nitrogen and oxygen atoms in total. The molecule has 1 unspecified atom stereocenters. The number of hydrogen-bond acceptors (Lipinski definition) is 2. The van der Waals surface area contributed by atoms with E-state index in [1.54, 1.807) is 0 Å². The van der Waals surface area contributed by atoms with Gasteiger partial charge in [-0.15, -0.1) is 0 Å². The van der Waals surface area contributed by atoms with E-state index in [4.69, 9.17) is 0 Å². The molecule has 0 aliphatic carbocycles. The minimum Gasteiger partial charge on any atom is -0.345 e. The van der Waals surface area contributed by atoms with Gasteiger partial charge < -0.3 is 10.2 Å². The van der Waals surface area contributed by atoms with E-state index in [2.05, 4.69) is 5.32 Å². The molecular formula is C11H19F3N2O. The van der Waals surface area contributed by atoms with Gasteiger partial charge in [0.2, 0.25) is 5.91 Å². The fourth-order valence-electron chi connectivity index (χ4n) is 2.23. The maximum Gasteiger partial charge on any atom is 0.404 e. The van der Waals surface area contributed by atoms with E-state index >= 15 is 0 Å². The third-order valence-electron chi connectivity index (χ3n) is 3.09. The fraction of sp³-hybridized carbons (Fsp3) is 0.909. The van der Waals surface area contributed by atoms with Crippen molar-refractivity contribution in [1.82, 2.24) is 10.2 Å². The predicted octanol–water partition coefficient (Wildman–Crippen LogP) is 1.64. The Hall–Kier alpha value is -0.780. The van der Waals surface area contributed by atoms with E-state index in [0.29, 0.717) is 6.54 Å². The van der Waals surface area contributed by atoms with E-state index in [1.165, 1.54) is 11.9 Å². The number of amides is 1. The van der Waals surface area contributed by atoms with Crippen LogP contribution in [0.1, 0.15) is 20.3 Å². The van der Waals surface area contributed by atoms with Crippen molar-refractivity contribution in [2.45, 2.75) is 26.4 Å². The largest absolute Gasteiger partial charge is 0.404 e. The van der Waals surface area contributed by atoms with E-state index in [0.717, 1.165) is 0 Å². The van der Waals surface area contributed by atoms with Gasteiger partial charge in [-0.3, -0.25) is 4.79 Å². The topological polar surface area (TPSA) is 32.3 Å². The van der Waals surface area contributed by atoms with Crippen LogP contribution in [-0.4, -0.2) is 43.7 Å². The zero-order valence-corrected chi connectivity index (χ0v) is 10.4. The molecule has 1 saturated heterocycles. The average molecular weight is 252 g/mol. The van der Waals surface area contributed by atoms with Gasteiger partial charge in [-0.1, -0.05) is 13.8 Å². The first-order valence-electron chi connectivity index (χ1n) is 5.74. The van der Waals surface area contributed by atoms with Crippen molar-refractivity contribution in [2.24, 2.45) is 11.3 Å². The smallest absolute Gasteiger partial charge is 0.345 e. The summed E-state index contributed by atoms with van der Waals surface area (Å²) in [5.74, 6) is -0.660. The lowest BCUT2D eigenvalue weighted by molar-refractivity contribution is -0.221. The summed E-state index contributed by atoms with van der Waals surface area (Å²) in [6.07, 6.45) is -4.66. The van der Waals surface area contributed by atoms with Crippen LogP contribution >= 0.6 is 0 Å². The molecule has 6 heteroatoms. The molecule has 0 aromatic carbocycles. The lowest BCUT2D eigenvalue weighted by atomic mass is 9.84. The molecule has 1 aliphatic heterocycles. The quantitative estimate of drug-likeness (QED) is 0.828. The fourth-order valence-corrected chi connectivity index (χ4v) is 2.23. The first-order chi connectivity index (χ1) is 7.71. The second-order valence-electron chi connectivity index (χ2n) is 5.09. The Labute approximate surface area is 99.4 Å². The SMILES string of the molecule is CC(C)CN(C)C(=O)C1(C(F)(F)F)CCNC1. The predicted molar refractivity (Wildman–Crippen MR) is 58.4 cm³/mol. The van der Waals surface area contributed by atoms with E-state index in [-0.39, 0.29) is 25.4 Å². The van der Waals surface area contributed by atoms with Gasteiger partial charge in [0.25, 0.3) is 0 Å². The lowest BCUT2D eigenvalue weighted by Gasteiger charge is -2.34. The number of nitrogens with one attached hydrogen (secondary N) is 1. The Balaban J connectivity index is 2.89. The molecule has 0 aromatic heterocycles. The Morgan fingerprint density at radius 2 is 2.06 bits per heavy atom. The van der Waals surface area contributed by atoms with Gasteiger partial charge in [-0.25, -0.2) is 0 Å². The zero-order valence-electron chi connectivity index (χ0n) is 10.4. The summed E-state index contributed by atoms with van der Waals surface area (Å²) in [6.45, 7) is 4.02. The van der Waals surface area contributed by atoms with Crippen molar-refractivity contribution in [1.29, 1.82) is 0 Å². The third-order valence-corrected chi connectivity index (χ3v) is 3.09. The molecule has 1 aliphatic rings. The van der Waals surface area contributed by atoms with Crippen LogP contribution in [0.25, 0.3) is 0 Å². The van der Waals surface area contributed by atoms with Crippen molar-refractivity contribution in [3.8, 4) is 0 Å². The number of nitrogens with zero attached hydrogens (tertiary/aromatic N) is 1. The van der Waals surface area contributed by atoms with Gasteiger partial charge in [0.05, 0.1) is 0 Å². The number of halogens is 3. The van der Waals surface area contributed by atoms with Crippen LogP contribution in [0.3, 0.4) is 0 Å². The van der Waals surface area contributed by atoms with Gasteiger partial charge in [0, 0.05) is 20.1 Å². The van der Waals surface area contributed by atoms with Crippen LogP contribution in [0.2, 0.25) is 0 Å². The molecule has 100 valence electrons. The second kappa shape index (κ2) is 4.84. The number of hydrogen-bond donors (Lipinski definition) is 1. The summed E-state index contributed by atoms with van der Waals surface area (Å²) in [7, 11) is 1.44. The summed E-state index contributed by atoms with van der Waals surface area (Å²) in [5, 5.41) is 2.64. The zero-order chi connectivity index (χ0) is 13.3. The molecule has 1 heterocycles. The normalized spacial score (nSPS) is 25.4. The van der Waals surface area contributed by atoms with Gasteiger partial charge in [0.15, 0.2) is 5.41 Å². The molecule has 1 fully saturated rings. The molecule has 1 rings (SSSR count). The molecule has 1 atom stereocenters. The second-order valence-corrected chi connectivity index (χ2v) is 5.09. The number of alkyl halides is 3. The third kappa shape index (κ3) is 2.73. The summed E-state index contributed by atoms with van der Waals surface area (Å²) in [4.78, 5) is 13.2. The van der Waals surface area contributed by atoms with Crippen LogP contribution in [-0.2, 0) is 4.79 Å². The van der Waals surface area contributed by atoms with E-state index < -0.39 is 17.5 Å². The van der Waals surface area contributed by atoms with Crippen molar-refractivity contribution >= 4 is 5.91 Å². The van der Waals surface area contributed by atoms with Crippen LogP contribution < -0.4 is 5.32 Å². The van der Waals surface area contributed by atoms with E-state index in [9.17, 15) is 18.0 Å². The standard InChI is InChI=1S/C11H19F3N2O/c1-8(2)6-16(3)9(17)10(11(12,13)14)4-5-15-7-10/h8,15H,4-7H2,1-3H3. The highest BCUT2D eigenvalue weighted by atomic mass is 19.4. The van der Waals surface area contributed by atoms with Gasteiger partial charge in [-0.05, 0) is 18.9 Å². The summed E-state index contributed by atoms with van der Waals surface area (Å²) in [6, 6.07) is 0. The van der Waals surface area contributed by atoms with Crippen molar-refractivity contribution in [3.63, 3.8) is 0 Å². The summed E-state index contributed by atoms with van der Waals surface area (Å²) >= 11 is 0. The minimum atomic E-state index is -4.49. The molecule has 1 N–H and O–H groups in total. The number of carbonyl (C=O) groups is 1. The van der Waals surface area contributed by atoms with Crippen molar-refractivity contribution in [2.75, 3.05) is 26.7 Å². The first kappa shape index (κ1) is 14.3. The van der Waals surface area contributed by atoms with Crippen molar-refractivity contribution in [3.05, 3.63) is 0 Å². The maximum absolute atomic E-state index is 13.1. The Morgan fingerprint density at radius 3 is 2.41 bits per heavy atom. The van der Waals surface area contributed by atoms with Crippen LogP contribution in [0.5, 0.6) is 0 Å². The first-order valence-corrected chi connectivity index (χ1v) is 5.74. The Bertz CT molecular complexity index is 283. The highest BCUT2D eigenvalue weighted by Crippen LogP contribution is 2.44. The summed E-state index contributed by atoms with van der Waals surface area (Å²) in [5.41, 5.74) is -2.23. The minimum absolute atomic E-state index is 0.156. The molecular weight excluding hydrogens is 233 g/mol. The highest BCUT2D eigenvalue weighted by Gasteiger charge is 2.62. The lowest BCUT2D eigenvalue weighted by Crippen LogP contribution is -2.53. The molecule has 0 radical (unpaired) electrons. The number of carbonyl (C=O) groups excluding carboxylic acids is 1. The van der Waals surface area contributed by atoms with Crippen LogP contribution in [0.4, 0.5) is 13.2 Å². The monoisotopic (exact) mass is 252 g/mol. The van der Waals surface area contributed by atoms with Crippen LogP contribution in [0.15, 0.2) is 0 Å². The van der Waals surface area contributed by atoms with Gasteiger partial charge >= 0.3 is 6.18 Å². The van der Waals surface area contributed by atoms with Crippen molar-refractivity contribution < 1.29 is 18.0 Å². The maximum atomic E-state index is 13.1. The number of rotatable bonds is 3. The van der Waals surface area contributed by atoms with Crippen LogP contribution in [0, 0.1) is 11.3 Å². The van der Waals surface area contributed by atoms with E-state index in [1.807, 2.05) is 13.8 Å². The molecule has 0 saturated carbocycles. The molecule has 0 spiro atoms. The molecule has 0 aromatic rings. The average Bonchev–Trinajstić information content (AvgIpc) is 2.63. The molecule has 17 heavy (non-hydrogen) atoms. The summed E-state index contributed by atoms with van der Waals surface area (Å²) < 4.78 is 39.2.